The van der Waals surface area contributed by atoms with Crippen LogP contribution in [0.5, 0.6) is 0 Å². The summed E-state index contributed by atoms with van der Waals surface area (Å²) in [7, 11) is 1.79. The summed E-state index contributed by atoms with van der Waals surface area (Å²) in [4.78, 5) is 28.1. The van der Waals surface area contributed by atoms with E-state index >= 15 is 0 Å². The molecular formula is C19H27N3O2. The summed E-state index contributed by atoms with van der Waals surface area (Å²) in [5.74, 6) is 0.106. The van der Waals surface area contributed by atoms with Crippen LogP contribution in [0.25, 0.3) is 0 Å². The third-order valence-electron chi connectivity index (χ3n) is 5.03. The molecule has 2 aliphatic rings. The summed E-state index contributed by atoms with van der Waals surface area (Å²) in [6, 6.07) is 7.98. The van der Waals surface area contributed by atoms with Gasteiger partial charge in [-0.3, -0.25) is 14.5 Å². The van der Waals surface area contributed by atoms with Crippen molar-refractivity contribution < 1.29 is 9.59 Å². The van der Waals surface area contributed by atoms with Gasteiger partial charge in [-0.2, -0.15) is 0 Å². The molecular weight excluding hydrogens is 302 g/mol. The molecule has 1 aromatic rings. The first-order valence-electron chi connectivity index (χ1n) is 8.98. The Morgan fingerprint density at radius 2 is 1.88 bits per heavy atom. The predicted molar refractivity (Wildman–Crippen MR) is 93.7 cm³/mol. The van der Waals surface area contributed by atoms with Gasteiger partial charge in [-0.25, -0.2) is 0 Å². The molecule has 0 spiro atoms. The van der Waals surface area contributed by atoms with E-state index in [0.717, 1.165) is 13.0 Å². The SMILES string of the molecule is CN1CC(NC(=O)c2ccc(CN3CCCCC3)cc2)CCC1=O. The number of piperidine rings is 2. The maximum atomic E-state index is 12.4. The fourth-order valence-corrected chi connectivity index (χ4v) is 3.54. The topological polar surface area (TPSA) is 52.7 Å². The maximum Gasteiger partial charge on any atom is 0.251 e. The number of likely N-dealkylation sites (N-methyl/N-ethyl adjacent to an activating group) is 1. The highest BCUT2D eigenvalue weighted by molar-refractivity contribution is 5.94. The quantitative estimate of drug-likeness (QED) is 0.919. The van der Waals surface area contributed by atoms with Crippen molar-refractivity contribution in [2.45, 2.75) is 44.7 Å². The number of hydrogen-bond acceptors (Lipinski definition) is 3. The molecule has 5 heteroatoms. The van der Waals surface area contributed by atoms with E-state index in [4.69, 9.17) is 0 Å². The predicted octanol–water partition coefficient (Wildman–Crippen LogP) is 2.02. The highest BCUT2D eigenvalue weighted by Crippen LogP contribution is 2.14. The maximum absolute atomic E-state index is 12.4. The molecule has 24 heavy (non-hydrogen) atoms. The van der Waals surface area contributed by atoms with Crippen LogP contribution in [0.2, 0.25) is 0 Å². The zero-order valence-electron chi connectivity index (χ0n) is 14.5. The molecule has 0 saturated carbocycles. The van der Waals surface area contributed by atoms with E-state index in [9.17, 15) is 9.59 Å². The molecule has 5 nitrogen and oxygen atoms in total. The summed E-state index contributed by atoms with van der Waals surface area (Å²) < 4.78 is 0. The van der Waals surface area contributed by atoms with Gasteiger partial charge in [-0.1, -0.05) is 18.6 Å². The van der Waals surface area contributed by atoms with Crippen molar-refractivity contribution in [3.63, 3.8) is 0 Å². The van der Waals surface area contributed by atoms with Crippen LogP contribution in [-0.2, 0) is 11.3 Å². The lowest BCUT2D eigenvalue weighted by Crippen LogP contribution is -2.48. The fourth-order valence-electron chi connectivity index (χ4n) is 3.54. The number of carbonyl (C=O) groups is 2. The van der Waals surface area contributed by atoms with Crippen LogP contribution in [0, 0.1) is 0 Å². The Bertz CT molecular complexity index is 579. The van der Waals surface area contributed by atoms with E-state index < -0.39 is 0 Å². The third-order valence-corrected chi connectivity index (χ3v) is 5.03. The lowest BCUT2D eigenvalue weighted by molar-refractivity contribution is -0.132. The Labute approximate surface area is 144 Å². The van der Waals surface area contributed by atoms with Crippen LogP contribution in [-0.4, -0.2) is 54.3 Å². The second kappa shape index (κ2) is 7.79. The monoisotopic (exact) mass is 329 g/mol. The first kappa shape index (κ1) is 17.0. The van der Waals surface area contributed by atoms with Crippen molar-refractivity contribution in [2.75, 3.05) is 26.7 Å². The number of likely N-dealkylation sites (tertiary alicyclic amines) is 2. The second-order valence-electron chi connectivity index (χ2n) is 7.02. The average Bonchev–Trinajstić information content (AvgIpc) is 2.60. The van der Waals surface area contributed by atoms with E-state index in [0.29, 0.717) is 18.5 Å². The van der Waals surface area contributed by atoms with Gasteiger partial charge in [0.05, 0.1) is 0 Å². The largest absolute Gasteiger partial charge is 0.348 e. The molecule has 130 valence electrons. The zero-order chi connectivity index (χ0) is 16.9. The first-order chi connectivity index (χ1) is 11.6. The molecule has 1 aromatic carbocycles. The van der Waals surface area contributed by atoms with Crippen LogP contribution < -0.4 is 5.32 Å². The Kier molecular flexibility index (Phi) is 5.51. The fraction of sp³-hybridized carbons (Fsp3) is 0.579. The summed E-state index contributed by atoms with van der Waals surface area (Å²) in [6.07, 6.45) is 5.16. The summed E-state index contributed by atoms with van der Waals surface area (Å²) >= 11 is 0. The zero-order valence-corrected chi connectivity index (χ0v) is 14.5. The van der Waals surface area contributed by atoms with Crippen molar-refractivity contribution >= 4 is 11.8 Å². The minimum atomic E-state index is -0.0488. The van der Waals surface area contributed by atoms with Crippen molar-refractivity contribution in [1.29, 1.82) is 0 Å². The highest BCUT2D eigenvalue weighted by Gasteiger charge is 2.24. The molecule has 1 N–H and O–H groups in total. The number of amides is 2. The molecule has 2 amide bonds. The Morgan fingerprint density at radius 1 is 1.17 bits per heavy atom. The third kappa shape index (κ3) is 4.35. The summed E-state index contributed by atoms with van der Waals surface area (Å²) in [6.45, 7) is 3.92. The summed E-state index contributed by atoms with van der Waals surface area (Å²) in [5.41, 5.74) is 1.95. The molecule has 2 fully saturated rings. The van der Waals surface area contributed by atoms with Gasteiger partial charge >= 0.3 is 0 Å². The lowest BCUT2D eigenvalue weighted by atomic mass is 10.0. The molecule has 0 radical (unpaired) electrons. The van der Waals surface area contributed by atoms with Gasteiger partial charge in [0, 0.05) is 38.2 Å². The van der Waals surface area contributed by atoms with Crippen LogP contribution in [0.4, 0.5) is 0 Å². The van der Waals surface area contributed by atoms with Crippen molar-refractivity contribution in [2.24, 2.45) is 0 Å². The molecule has 1 unspecified atom stereocenters. The van der Waals surface area contributed by atoms with Gasteiger partial charge in [0.25, 0.3) is 5.91 Å². The molecule has 0 bridgehead atoms. The van der Waals surface area contributed by atoms with Gasteiger partial charge in [0.1, 0.15) is 0 Å². The van der Waals surface area contributed by atoms with Crippen molar-refractivity contribution in [3.05, 3.63) is 35.4 Å². The van der Waals surface area contributed by atoms with Crippen molar-refractivity contribution in [3.8, 4) is 0 Å². The van der Waals surface area contributed by atoms with E-state index in [2.05, 4.69) is 22.3 Å². The molecule has 0 aromatic heterocycles. The number of nitrogens with zero attached hydrogens (tertiary/aromatic N) is 2. The van der Waals surface area contributed by atoms with E-state index in [-0.39, 0.29) is 17.9 Å². The van der Waals surface area contributed by atoms with Crippen LogP contribution >= 0.6 is 0 Å². The van der Waals surface area contributed by atoms with Gasteiger partial charge in [0.15, 0.2) is 0 Å². The number of carbonyl (C=O) groups excluding carboxylic acids is 2. The minimum absolute atomic E-state index is 0.0488. The second-order valence-corrected chi connectivity index (χ2v) is 7.02. The molecule has 2 aliphatic heterocycles. The lowest BCUT2D eigenvalue weighted by Gasteiger charge is -2.30. The summed E-state index contributed by atoms with van der Waals surface area (Å²) in [5, 5.41) is 3.04. The van der Waals surface area contributed by atoms with Gasteiger partial charge in [-0.05, 0) is 50.0 Å². The van der Waals surface area contributed by atoms with Crippen LogP contribution in [0.15, 0.2) is 24.3 Å². The molecule has 3 rings (SSSR count). The van der Waals surface area contributed by atoms with Crippen molar-refractivity contribution in [1.82, 2.24) is 15.1 Å². The van der Waals surface area contributed by atoms with E-state index in [1.165, 1.54) is 37.9 Å². The van der Waals surface area contributed by atoms with E-state index in [1.807, 2.05) is 12.1 Å². The average molecular weight is 329 g/mol. The van der Waals surface area contributed by atoms with Gasteiger partial charge < -0.3 is 10.2 Å². The molecule has 0 aliphatic carbocycles. The molecule has 2 saturated heterocycles. The first-order valence-corrected chi connectivity index (χ1v) is 8.98. The van der Waals surface area contributed by atoms with Gasteiger partial charge in [0.2, 0.25) is 5.91 Å². The number of rotatable bonds is 4. The number of nitrogens with one attached hydrogen (secondary N) is 1. The highest BCUT2D eigenvalue weighted by atomic mass is 16.2. The van der Waals surface area contributed by atoms with E-state index in [1.54, 1.807) is 11.9 Å². The standard InChI is InChI=1S/C19H27N3O2/c1-21-14-17(9-10-18(21)23)20-19(24)16-7-5-15(6-8-16)13-22-11-3-2-4-12-22/h5-8,17H,2-4,9-14H2,1H3,(H,20,24). The normalized spacial score (nSPS) is 22.5. The smallest absolute Gasteiger partial charge is 0.251 e. The Morgan fingerprint density at radius 3 is 2.54 bits per heavy atom. The Hall–Kier alpha value is -1.88. The molecule has 1 atom stereocenters. The Balaban J connectivity index is 1.52. The van der Waals surface area contributed by atoms with Crippen LogP contribution in [0.1, 0.15) is 48.0 Å². The molecule has 2 heterocycles. The van der Waals surface area contributed by atoms with Gasteiger partial charge in [-0.15, -0.1) is 0 Å². The minimum Gasteiger partial charge on any atom is -0.348 e. The number of hydrogen-bond donors (Lipinski definition) is 1. The van der Waals surface area contributed by atoms with Crippen LogP contribution in [0.3, 0.4) is 0 Å². The number of benzene rings is 1.